The Labute approximate surface area is 166 Å². The van der Waals surface area contributed by atoms with Gasteiger partial charge in [-0.2, -0.15) is 13.2 Å². The number of benzene rings is 1. The van der Waals surface area contributed by atoms with E-state index in [1.165, 1.54) is 12.1 Å². The molecule has 0 saturated carbocycles. The Balaban J connectivity index is 1.41. The van der Waals surface area contributed by atoms with Gasteiger partial charge in [0.15, 0.2) is 5.82 Å². The second-order valence-corrected chi connectivity index (χ2v) is 6.83. The first-order valence-corrected chi connectivity index (χ1v) is 9.24. The molecule has 1 fully saturated rings. The van der Waals surface area contributed by atoms with Crippen molar-refractivity contribution in [2.45, 2.75) is 6.18 Å². The zero-order valence-electron chi connectivity index (χ0n) is 15.7. The lowest BCUT2D eigenvalue weighted by atomic mass is 10.1. The van der Waals surface area contributed by atoms with Gasteiger partial charge >= 0.3 is 6.18 Å². The number of alkyl halides is 3. The summed E-state index contributed by atoms with van der Waals surface area (Å²) in [6, 6.07) is 11.2. The fourth-order valence-electron chi connectivity index (χ4n) is 3.42. The predicted octanol–water partition coefficient (Wildman–Crippen LogP) is 4.35. The van der Waals surface area contributed by atoms with Gasteiger partial charge in [0.2, 0.25) is 0 Å². The van der Waals surface area contributed by atoms with Crippen LogP contribution in [0.25, 0.3) is 10.9 Å². The lowest BCUT2D eigenvalue weighted by molar-refractivity contribution is -0.137. The Hall–Kier alpha value is -3.29. The van der Waals surface area contributed by atoms with Gasteiger partial charge in [-0.15, -0.1) is 0 Å². The Morgan fingerprint density at radius 1 is 0.966 bits per heavy atom. The molecule has 1 N–H and O–H groups in total. The van der Waals surface area contributed by atoms with Crippen LogP contribution in [0.4, 0.5) is 24.7 Å². The number of hydrogen-bond donors (Lipinski definition) is 1. The standard InChI is InChI=1S/C21H20F3N5/c1-15(27-20-19-16(7-9-26-20)4-3-8-25-19)28-10-12-29(13-11-28)18-6-2-5-17(14-18)21(22,23)24/h2-9,14H,1,10-13H2,(H,26,27). The van der Waals surface area contributed by atoms with Crippen LogP contribution in [0.1, 0.15) is 5.56 Å². The number of fused-ring (bicyclic) bond motifs is 1. The van der Waals surface area contributed by atoms with Crippen molar-refractivity contribution in [2.75, 3.05) is 36.4 Å². The van der Waals surface area contributed by atoms with E-state index in [4.69, 9.17) is 0 Å². The Morgan fingerprint density at radius 3 is 2.52 bits per heavy atom. The summed E-state index contributed by atoms with van der Waals surface area (Å²) in [6.07, 6.45) is -0.910. The molecule has 0 spiro atoms. The van der Waals surface area contributed by atoms with Crippen molar-refractivity contribution >= 4 is 22.4 Å². The Kier molecular flexibility index (Phi) is 5.00. The van der Waals surface area contributed by atoms with Crippen molar-refractivity contribution in [1.29, 1.82) is 0 Å². The molecule has 8 heteroatoms. The highest BCUT2D eigenvalue weighted by Gasteiger charge is 2.31. The summed E-state index contributed by atoms with van der Waals surface area (Å²) in [5.41, 5.74) is 0.717. The molecule has 0 radical (unpaired) electrons. The third-order valence-electron chi connectivity index (χ3n) is 4.98. The average Bonchev–Trinajstić information content (AvgIpc) is 2.73. The summed E-state index contributed by atoms with van der Waals surface area (Å²) < 4.78 is 38.9. The number of pyridine rings is 2. The number of rotatable bonds is 4. The van der Waals surface area contributed by atoms with E-state index < -0.39 is 11.7 Å². The maximum atomic E-state index is 13.0. The highest BCUT2D eigenvalue weighted by molar-refractivity contribution is 5.88. The first-order chi connectivity index (χ1) is 13.9. The molecule has 1 aromatic carbocycles. The van der Waals surface area contributed by atoms with Gasteiger partial charge in [-0.1, -0.05) is 18.7 Å². The van der Waals surface area contributed by atoms with E-state index in [1.54, 1.807) is 18.5 Å². The van der Waals surface area contributed by atoms with Crippen molar-refractivity contribution in [3.05, 3.63) is 72.8 Å². The van der Waals surface area contributed by atoms with E-state index in [1.807, 2.05) is 23.1 Å². The Morgan fingerprint density at radius 2 is 1.76 bits per heavy atom. The van der Waals surface area contributed by atoms with Crippen molar-refractivity contribution in [3.63, 3.8) is 0 Å². The van der Waals surface area contributed by atoms with E-state index in [-0.39, 0.29) is 0 Å². The largest absolute Gasteiger partial charge is 0.416 e. The lowest BCUT2D eigenvalue weighted by Crippen LogP contribution is -2.46. The second kappa shape index (κ2) is 7.62. The van der Waals surface area contributed by atoms with E-state index >= 15 is 0 Å². The predicted molar refractivity (Wildman–Crippen MR) is 108 cm³/mol. The minimum Gasteiger partial charge on any atom is -0.368 e. The zero-order valence-corrected chi connectivity index (χ0v) is 15.7. The number of nitrogens with one attached hydrogen (secondary N) is 1. The van der Waals surface area contributed by atoms with Gasteiger partial charge in [0.05, 0.1) is 11.4 Å². The molecule has 3 heterocycles. The molecular weight excluding hydrogens is 379 g/mol. The van der Waals surface area contributed by atoms with Gasteiger partial charge in [0.25, 0.3) is 0 Å². The van der Waals surface area contributed by atoms with Crippen LogP contribution in [0, 0.1) is 0 Å². The van der Waals surface area contributed by atoms with Gasteiger partial charge in [0.1, 0.15) is 5.52 Å². The van der Waals surface area contributed by atoms with Crippen molar-refractivity contribution in [2.24, 2.45) is 0 Å². The molecule has 0 bridgehead atoms. The molecular formula is C21H20F3N5. The fourth-order valence-corrected chi connectivity index (χ4v) is 3.42. The smallest absolute Gasteiger partial charge is 0.368 e. The van der Waals surface area contributed by atoms with Crippen LogP contribution in [-0.2, 0) is 6.18 Å². The number of piperazine rings is 1. The normalized spacial score (nSPS) is 14.9. The maximum absolute atomic E-state index is 13.0. The molecule has 29 heavy (non-hydrogen) atoms. The van der Waals surface area contributed by atoms with Crippen LogP contribution in [0.2, 0.25) is 0 Å². The third kappa shape index (κ3) is 4.11. The SMILES string of the molecule is C=C(Nc1nccc2cccnc12)N1CCN(c2cccc(C(F)(F)F)c2)CC1. The van der Waals surface area contributed by atoms with Gasteiger partial charge in [0, 0.05) is 49.6 Å². The summed E-state index contributed by atoms with van der Waals surface area (Å²) in [5.74, 6) is 1.33. The molecule has 150 valence electrons. The average molecular weight is 399 g/mol. The number of halogens is 3. The number of nitrogens with zero attached hydrogens (tertiary/aromatic N) is 4. The summed E-state index contributed by atoms with van der Waals surface area (Å²) in [5, 5.41) is 4.21. The molecule has 1 aliphatic heterocycles. The van der Waals surface area contributed by atoms with E-state index in [9.17, 15) is 13.2 Å². The number of aromatic nitrogens is 2. The molecule has 1 aliphatic rings. The molecule has 0 atom stereocenters. The second-order valence-electron chi connectivity index (χ2n) is 6.83. The number of hydrogen-bond acceptors (Lipinski definition) is 5. The topological polar surface area (TPSA) is 44.3 Å². The molecule has 0 unspecified atom stereocenters. The number of anilines is 2. The van der Waals surface area contributed by atoms with Crippen molar-refractivity contribution in [1.82, 2.24) is 14.9 Å². The fraction of sp³-hybridized carbons (Fsp3) is 0.238. The van der Waals surface area contributed by atoms with Crippen LogP contribution < -0.4 is 10.2 Å². The summed E-state index contributed by atoms with van der Waals surface area (Å²) in [7, 11) is 0. The highest BCUT2D eigenvalue weighted by atomic mass is 19.4. The molecule has 2 aromatic heterocycles. The van der Waals surface area contributed by atoms with Crippen LogP contribution in [0.15, 0.2) is 67.3 Å². The van der Waals surface area contributed by atoms with Gasteiger partial charge in [-0.25, -0.2) is 4.98 Å². The first-order valence-electron chi connectivity index (χ1n) is 9.24. The summed E-state index contributed by atoms with van der Waals surface area (Å²) in [4.78, 5) is 12.8. The van der Waals surface area contributed by atoms with Crippen LogP contribution in [0.3, 0.4) is 0 Å². The van der Waals surface area contributed by atoms with Crippen molar-refractivity contribution in [3.8, 4) is 0 Å². The van der Waals surface area contributed by atoms with E-state index in [2.05, 4.69) is 26.8 Å². The van der Waals surface area contributed by atoms with E-state index in [0.717, 1.165) is 17.0 Å². The van der Waals surface area contributed by atoms with Crippen molar-refractivity contribution < 1.29 is 13.2 Å². The van der Waals surface area contributed by atoms with Crippen LogP contribution in [-0.4, -0.2) is 41.0 Å². The molecule has 4 rings (SSSR count). The highest BCUT2D eigenvalue weighted by Crippen LogP contribution is 2.32. The summed E-state index contributed by atoms with van der Waals surface area (Å²) in [6.45, 7) is 6.58. The lowest BCUT2D eigenvalue weighted by Gasteiger charge is -2.38. The zero-order chi connectivity index (χ0) is 20.4. The molecule has 3 aromatic rings. The van der Waals surface area contributed by atoms with Gasteiger partial charge < -0.3 is 15.1 Å². The molecule has 0 amide bonds. The van der Waals surface area contributed by atoms with E-state index in [0.29, 0.717) is 43.5 Å². The van der Waals surface area contributed by atoms with Gasteiger partial charge in [-0.3, -0.25) is 4.98 Å². The van der Waals surface area contributed by atoms with Crippen LogP contribution in [0.5, 0.6) is 0 Å². The molecule has 0 aliphatic carbocycles. The quantitative estimate of drug-likeness (QED) is 0.707. The minimum absolute atomic E-state index is 0.581. The third-order valence-corrected chi connectivity index (χ3v) is 4.98. The van der Waals surface area contributed by atoms with Gasteiger partial charge in [-0.05, 0) is 30.3 Å². The minimum atomic E-state index is -4.34. The summed E-state index contributed by atoms with van der Waals surface area (Å²) >= 11 is 0. The van der Waals surface area contributed by atoms with Crippen LogP contribution >= 0.6 is 0 Å². The Bertz CT molecular complexity index is 1020. The maximum Gasteiger partial charge on any atom is 0.416 e. The first kappa shape index (κ1) is 19.0. The monoisotopic (exact) mass is 399 g/mol. The molecule has 5 nitrogen and oxygen atoms in total. The molecule has 1 saturated heterocycles.